The van der Waals surface area contributed by atoms with Crippen LogP contribution in [-0.4, -0.2) is 24.5 Å². The number of allylic oxidation sites excluding steroid dienone is 1. The number of anilines is 1. The Balaban J connectivity index is 1.71. The highest BCUT2D eigenvalue weighted by Gasteiger charge is 2.36. The van der Waals surface area contributed by atoms with Crippen molar-refractivity contribution < 1.29 is 23.9 Å². The number of nitrogens with zero attached hydrogens (tertiary/aromatic N) is 1. The van der Waals surface area contributed by atoms with Crippen LogP contribution in [0.4, 0.5) is 10.5 Å². The molecule has 4 amide bonds. The van der Waals surface area contributed by atoms with Crippen LogP contribution in [-0.2, 0) is 22.6 Å². The molecule has 4 rings (SSSR count). The summed E-state index contributed by atoms with van der Waals surface area (Å²) in [6, 6.07) is 14.8. The van der Waals surface area contributed by atoms with Gasteiger partial charge < -0.3 is 9.47 Å². The highest BCUT2D eigenvalue weighted by atomic mass is 35.5. The number of hydrogen-bond acceptors (Lipinski definition) is 5. The third kappa shape index (κ3) is 6.33. The Morgan fingerprint density at radius 3 is 2.38 bits per heavy atom. The molecule has 7 nitrogen and oxygen atoms in total. The molecule has 0 atom stereocenters. The number of rotatable bonds is 9. The molecule has 0 saturated carbocycles. The van der Waals surface area contributed by atoms with E-state index < -0.39 is 17.8 Å². The minimum absolute atomic E-state index is 0.188. The van der Waals surface area contributed by atoms with E-state index in [4.69, 9.17) is 32.7 Å². The van der Waals surface area contributed by atoms with Gasteiger partial charge in [0.25, 0.3) is 11.8 Å². The van der Waals surface area contributed by atoms with E-state index in [1.54, 1.807) is 54.6 Å². The Morgan fingerprint density at radius 2 is 1.72 bits per heavy atom. The fraction of sp³-hybridized carbons (Fsp3) is 0.167. The molecule has 1 N–H and O–H groups in total. The first-order valence-corrected chi connectivity index (χ1v) is 12.9. The molecule has 1 saturated heterocycles. The molecule has 1 aliphatic heterocycles. The molecular weight excluding hydrogens is 539 g/mol. The minimum atomic E-state index is -0.806. The fourth-order valence-electron chi connectivity index (χ4n) is 4.04. The van der Waals surface area contributed by atoms with E-state index in [1.165, 1.54) is 6.08 Å². The molecular formula is C30H26Cl2N2O5. The molecule has 3 aromatic carbocycles. The number of nitrogens with one attached hydrogen (secondary N) is 1. The predicted octanol–water partition coefficient (Wildman–Crippen LogP) is 6.67. The minimum Gasteiger partial charge on any atom is -0.490 e. The van der Waals surface area contributed by atoms with E-state index in [-0.39, 0.29) is 12.2 Å². The van der Waals surface area contributed by atoms with E-state index >= 15 is 0 Å². The maximum atomic E-state index is 13.3. The van der Waals surface area contributed by atoms with Crippen LogP contribution >= 0.6 is 23.2 Å². The molecule has 0 aromatic heterocycles. The summed E-state index contributed by atoms with van der Waals surface area (Å²) >= 11 is 12.2. The van der Waals surface area contributed by atoms with Gasteiger partial charge in [-0.25, -0.2) is 9.69 Å². The van der Waals surface area contributed by atoms with Crippen LogP contribution in [0.15, 0.2) is 72.8 Å². The van der Waals surface area contributed by atoms with Crippen LogP contribution in [0, 0.1) is 6.92 Å². The third-order valence-electron chi connectivity index (χ3n) is 5.89. The topological polar surface area (TPSA) is 84.9 Å². The van der Waals surface area contributed by atoms with Crippen LogP contribution in [0.5, 0.6) is 11.5 Å². The number of benzene rings is 3. The van der Waals surface area contributed by atoms with E-state index in [1.807, 2.05) is 19.9 Å². The lowest BCUT2D eigenvalue weighted by atomic mass is 10.0. The largest absolute Gasteiger partial charge is 0.490 e. The Labute approximate surface area is 236 Å². The second-order valence-electron chi connectivity index (χ2n) is 8.76. The second-order valence-corrected chi connectivity index (χ2v) is 9.58. The highest BCUT2D eigenvalue weighted by molar-refractivity contribution is 6.42. The Kier molecular flexibility index (Phi) is 8.74. The molecule has 1 heterocycles. The van der Waals surface area contributed by atoms with Gasteiger partial charge in [0.05, 0.1) is 22.3 Å². The lowest BCUT2D eigenvalue weighted by Gasteiger charge is -2.26. The van der Waals surface area contributed by atoms with Gasteiger partial charge in [-0.1, -0.05) is 53.0 Å². The Hall–Kier alpha value is -4.07. The van der Waals surface area contributed by atoms with Gasteiger partial charge in [0.15, 0.2) is 11.5 Å². The maximum Gasteiger partial charge on any atom is 0.335 e. The molecule has 9 heteroatoms. The van der Waals surface area contributed by atoms with Gasteiger partial charge in [-0.05, 0) is 73.9 Å². The zero-order valence-corrected chi connectivity index (χ0v) is 22.9. The van der Waals surface area contributed by atoms with E-state index in [0.717, 1.165) is 21.6 Å². The van der Waals surface area contributed by atoms with Crippen molar-refractivity contribution in [2.45, 2.75) is 26.9 Å². The van der Waals surface area contributed by atoms with Crippen molar-refractivity contribution in [1.82, 2.24) is 5.32 Å². The van der Waals surface area contributed by atoms with Crippen LogP contribution in [0.2, 0.25) is 10.0 Å². The van der Waals surface area contributed by atoms with Crippen molar-refractivity contribution in [1.29, 1.82) is 0 Å². The smallest absolute Gasteiger partial charge is 0.335 e. The summed E-state index contributed by atoms with van der Waals surface area (Å²) in [5.41, 5.74) is 3.21. The number of ether oxygens (including phenoxy) is 2. The number of amides is 4. The molecule has 0 aliphatic carbocycles. The fourth-order valence-corrected chi connectivity index (χ4v) is 4.36. The summed E-state index contributed by atoms with van der Waals surface area (Å²) in [6.45, 7) is 8.12. The SMILES string of the molecule is C=CCc1cc(/C=C2\C(=O)NC(=O)N(c3ccc(C)cc3)C2=O)cc(OCC)c1OCc1ccc(Cl)c(Cl)c1. The molecule has 1 fully saturated rings. The number of halogens is 2. The first kappa shape index (κ1) is 28.0. The van der Waals surface area contributed by atoms with E-state index in [0.29, 0.717) is 45.8 Å². The van der Waals surface area contributed by atoms with Crippen molar-refractivity contribution in [3.8, 4) is 11.5 Å². The van der Waals surface area contributed by atoms with Gasteiger partial charge in [-0.15, -0.1) is 6.58 Å². The van der Waals surface area contributed by atoms with Crippen molar-refractivity contribution in [2.24, 2.45) is 0 Å². The summed E-state index contributed by atoms with van der Waals surface area (Å²) in [6.07, 6.45) is 3.58. The van der Waals surface area contributed by atoms with Gasteiger partial charge in [0.2, 0.25) is 0 Å². The zero-order valence-electron chi connectivity index (χ0n) is 21.4. The maximum absolute atomic E-state index is 13.3. The normalized spacial score (nSPS) is 14.4. The van der Waals surface area contributed by atoms with E-state index in [9.17, 15) is 14.4 Å². The first-order chi connectivity index (χ1) is 18.7. The molecule has 3 aromatic rings. The summed E-state index contributed by atoms with van der Waals surface area (Å²) < 4.78 is 12.0. The third-order valence-corrected chi connectivity index (χ3v) is 6.63. The molecule has 0 spiro atoms. The molecule has 0 unspecified atom stereocenters. The number of hydrogen-bond donors (Lipinski definition) is 1. The molecule has 0 radical (unpaired) electrons. The number of aryl methyl sites for hydroxylation is 1. The van der Waals surface area contributed by atoms with Crippen molar-refractivity contribution in [3.63, 3.8) is 0 Å². The van der Waals surface area contributed by atoms with Gasteiger partial charge in [0, 0.05) is 5.56 Å². The average molecular weight is 565 g/mol. The highest BCUT2D eigenvalue weighted by Crippen LogP contribution is 2.36. The van der Waals surface area contributed by atoms with Gasteiger partial charge in [0.1, 0.15) is 12.2 Å². The van der Waals surface area contributed by atoms with Crippen LogP contribution < -0.4 is 19.7 Å². The summed E-state index contributed by atoms with van der Waals surface area (Å²) in [4.78, 5) is 39.5. The Bertz CT molecular complexity index is 1480. The van der Waals surface area contributed by atoms with Crippen LogP contribution in [0.3, 0.4) is 0 Å². The van der Waals surface area contributed by atoms with Crippen molar-refractivity contribution in [2.75, 3.05) is 11.5 Å². The summed E-state index contributed by atoms with van der Waals surface area (Å²) in [5, 5.41) is 3.12. The quantitative estimate of drug-likeness (QED) is 0.178. The van der Waals surface area contributed by atoms with Gasteiger partial charge >= 0.3 is 6.03 Å². The number of imide groups is 2. The van der Waals surface area contributed by atoms with E-state index in [2.05, 4.69) is 11.9 Å². The summed E-state index contributed by atoms with van der Waals surface area (Å²) in [7, 11) is 0. The Morgan fingerprint density at radius 1 is 0.974 bits per heavy atom. The number of carbonyl (C=O) groups excluding carboxylic acids is 3. The standard InChI is InChI=1S/C30H26Cl2N2O5/c1-4-6-21-13-20(16-26(38-5-2)27(21)39-17-19-9-12-24(31)25(32)15-19)14-23-28(35)33-30(37)34(29(23)36)22-10-7-18(3)8-11-22/h4,7-16H,1,5-6,17H2,2-3H3,(H,33,35,37)/b23-14+. The average Bonchev–Trinajstić information content (AvgIpc) is 2.89. The number of barbiturate groups is 1. The summed E-state index contributed by atoms with van der Waals surface area (Å²) in [5.74, 6) is -0.577. The molecule has 200 valence electrons. The molecule has 0 bridgehead atoms. The van der Waals surface area contributed by atoms with Crippen LogP contribution in [0.1, 0.15) is 29.2 Å². The monoisotopic (exact) mass is 564 g/mol. The van der Waals surface area contributed by atoms with Crippen molar-refractivity contribution in [3.05, 3.63) is 105 Å². The molecule has 1 aliphatic rings. The lowest BCUT2D eigenvalue weighted by Crippen LogP contribution is -2.54. The first-order valence-electron chi connectivity index (χ1n) is 12.2. The molecule has 39 heavy (non-hydrogen) atoms. The predicted molar refractivity (Wildman–Crippen MR) is 152 cm³/mol. The second kappa shape index (κ2) is 12.2. The number of carbonyl (C=O) groups is 3. The zero-order chi connectivity index (χ0) is 28.1. The lowest BCUT2D eigenvalue weighted by molar-refractivity contribution is -0.122. The van der Waals surface area contributed by atoms with Gasteiger partial charge in [-0.3, -0.25) is 14.9 Å². The van der Waals surface area contributed by atoms with Crippen molar-refractivity contribution >= 4 is 52.8 Å². The number of urea groups is 1. The van der Waals surface area contributed by atoms with Gasteiger partial charge in [-0.2, -0.15) is 0 Å². The van der Waals surface area contributed by atoms with Crippen LogP contribution in [0.25, 0.3) is 6.08 Å².